The van der Waals surface area contributed by atoms with Gasteiger partial charge < -0.3 is 25.4 Å². The van der Waals surface area contributed by atoms with Gasteiger partial charge in [-0.2, -0.15) is 0 Å². The molecule has 2 aromatic carbocycles. The van der Waals surface area contributed by atoms with Gasteiger partial charge >= 0.3 is 0 Å². The number of methoxy groups -OCH3 is 1. The second-order valence-electron chi connectivity index (χ2n) is 8.64. The average molecular weight is 497 g/mol. The van der Waals surface area contributed by atoms with E-state index in [0.717, 1.165) is 39.8 Å². The summed E-state index contributed by atoms with van der Waals surface area (Å²) in [6.45, 7) is 7.74. The monoisotopic (exact) mass is 496 g/mol. The first-order valence-corrected chi connectivity index (χ1v) is 12.0. The zero-order valence-corrected chi connectivity index (χ0v) is 20.7. The minimum absolute atomic E-state index is 0.119. The van der Waals surface area contributed by atoms with Crippen LogP contribution >= 0.6 is 0 Å². The molecule has 9 heteroatoms. The van der Waals surface area contributed by atoms with Crippen LogP contribution in [0.5, 0.6) is 5.88 Å². The molecular formula is C28H28N6O3. The minimum Gasteiger partial charge on any atom is -0.480 e. The molecular weight excluding hydrogens is 468 g/mol. The number of fused-ring (bicyclic) bond motifs is 1. The third-order valence-corrected chi connectivity index (χ3v) is 6.14. The van der Waals surface area contributed by atoms with Crippen LogP contribution < -0.4 is 20.7 Å². The van der Waals surface area contributed by atoms with Gasteiger partial charge in [0, 0.05) is 35.9 Å². The Morgan fingerprint density at radius 1 is 1.22 bits per heavy atom. The minimum atomic E-state index is -0.263. The first-order chi connectivity index (χ1) is 18.1. The third kappa shape index (κ3) is 5.28. The summed E-state index contributed by atoms with van der Waals surface area (Å²) in [5.74, 6) is 0.588. The molecule has 1 atom stereocenters. The maximum atomic E-state index is 11.8. The van der Waals surface area contributed by atoms with E-state index in [0.29, 0.717) is 36.4 Å². The van der Waals surface area contributed by atoms with E-state index < -0.39 is 0 Å². The molecule has 3 N–H and O–H groups in total. The zero-order valence-electron chi connectivity index (χ0n) is 20.7. The number of benzene rings is 2. The number of pyridine rings is 1. The number of amides is 1. The number of aromatic nitrogens is 3. The van der Waals surface area contributed by atoms with Crippen LogP contribution in [0.15, 0.2) is 67.4 Å². The highest BCUT2D eigenvalue weighted by Gasteiger charge is 2.19. The lowest BCUT2D eigenvalue weighted by Crippen LogP contribution is -2.33. The second-order valence-corrected chi connectivity index (χ2v) is 8.64. The molecule has 1 aliphatic heterocycles. The molecule has 1 fully saturated rings. The average Bonchev–Trinajstić information content (AvgIpc) is 2.93. The molecule has 1 amide bonds. The first-order valence-electron chi connectivity index (χ1n) is 12.0. The van der Waals surface area contributed by atoms with Gasteiger partial charge in [-0.15, -0.1) is 0 Å². The number of carbonyl (C=O) groups is 1. The number of ether oxygens (including phenoxy) is 2. The van der Waals surface area contributed by atoms with Crippen molar-refractivity contribution in [1.29, 1.82) is 0 Å². The number of anilines is 3. The number of morpholine rings is 1. The van der Waals surface area contributed by atoms with E-state index in [1.807, 2.05) is 55.5 Å². The van der Waals surface area contributed by atoms with Crippen LogP contribution in [0.2, 0.25) is 0 Å². The molecule has 37 heavy (non-hydrogen) atoms. The van der Waals surface area contributed by atoms with Crippen molar-refractivity contribution in [1.82, 2.24) is 20.3 Å². The van der Waals surface area contributed by atoms with Gasteiger partial charge in [0.2, 0.25) is 17.7 Å². The molecule has 9 nitrogen and oxygen atoms in total. The van der Waals surface area contributed by atoms with E-state index in [1.54, 1.807) is 13.3 Å². The van der Waals surface area contributed by atoms with Crippen LogP contribution in [-0.2, 0) is 9.53 Å². The number of hydrogen-bond donors (Lipinski definition) is 3. The van der Waals surface area contributed by atoms with Crippen molar-refractivity contribution in [3.05, 3.63) is 78.6 Å². The molecule has 0 saturated carbocycles. The number of rotatable bonds is 7. The van der Waals surface area contributed by atoms with Crippen LogP contribution in [0.4, 0.5) is 17.3 Å². The molecule has 1 aliphatic rings. The Bertz CT molecular complexity index is 1470. The Kier molecular flexibility index (Phi) is 7.07. The van der Waals surface area contributed by atoms with Crippen molar-refractivity contribution in [2.75, 3.05) is 37.4 Å². The lowest BCUT2D eigenvalue weighted by Gasteiger charge is -2.23. The summed E-state index contributed by atoms with van der Waals surface area (Å²) >= 11 is 0. The quantitative estimate of drug-likeness (QED) is 0.320. The maximum Gasteiger partial charge on any atom is 0.247 e. The summed E-state index contributed by atoms with van der Waals surface area (Å²) in [6, 6.07) is 15.5. The maximum absolute atomic E-state index is 11.8. The number of hydrogen-bond acceptors (Lipinski definition) is 8. The van der Waals surface area contributed by atoms with E-state index >= 15 is 0 Å². The van der Waals surface area contributed by atoms with Gasteiger partial charge in [-0.1, -0.05) is 30.8 Å². The van der Waals surface area contributed by atoms with Gasteiger partial charge in [0.25, 0.3) is 0 Å². The molecule has 0 aliphatic carbocycles. The predicted octanol–water partition coefficient (Wildman–Crippen LogP) is 4.54. The molecule has 5 rings (SSSR count). The molecule has 0 bridgehead atoms. The Balaban J connectivity index is 1.49. The Labute approximate surface area is 215 Å². The lowest BCUT2D eigenvalue weighted by atomic mass is 9.97. The molecule has 2 aromatic heterocycles. The topological polar surface area (TPSA) is 110 Å². The zero-order chi connectivity index (χ0) is 25.8. The summed E-state index contributed by atoms with van der Waals surface area (Å²) in [7, 11) is 1.58. The van der Waals surface area contributed by atoms with E-state index in [-0.39, 0.29) is 12.0 Å². The number of aryl methyl sites for hydroxylation is 1. The summed E-state index contributed by atoms with van der Waals surface area (Å²) < 4.78 is 11.4. The van der Waals surface area contributed by atoms with Gasteiger partial charge in [-0.3, -0.25) is 4.79 Å². The number of carbonyl (C=O) groups excluding carboxylic acids is 1. The van der Waals surface area contributed by atoms with E-state index in [4.69, 9.17) is 14.5 Å². The molecule has 1 unspecified atom stereocenters. The van der Waals surface area contributed by atoms with Crippen LogP contribution in [0, 0.1) is 6.92 Å². The smallest absolute Gasteiger partial charge is 0.247 e. The fourth-order valence-corrected chi connectivity index (χ4v) is 4.33. The number of nitrogens with one attached hydrogen (secondary N) is 3. The molecule has 0 spiro atoms. The van der Waals surface area contributed by atoms with Gasteiger partial charge in [0.1, 0.15) is 11.8 Å². The summed E-state index contributed by atoms with van der Waals surface area (Å²) in [5, 5.41) is 10.3. The third-order valence-electron chi connectivity index (χ3n) is 6.14. The highest BCUT2D eigenvalue weighted by atomic mass is 16.5. The summed E-state index contributed by atoms with van der Waals surface area (Å²) in [6.07, 6.45) is 2.91. The fourth-order valence-electron chi connectivity index (χ4n) is 4.33. The van der Waals surface area contributed by atoms with E-state index in [9.17, 15) is 4.79 Å². The van der Waals surface area contributed by atoms with Crippen molar-refractivity contribution < 1.29 is 14.3 Å². The van der Waals surface area contributed by atoms with Crippen molar-refractivity contribution in [2.24, 2.45) is 0 Å². The normalized spacial score (nSPS) is 15.2. The Morgan fingerprint density at radius 2 is 2.11 bits per heavy atom. The van der Waals surface area contributed by atoms with Gasteiger partial charge in [0.05, 0.1) is 24.9 Å². The second kappa shape index (κ2) is 10.7. The van der Waals surface area contributed by atoms with E-state index in [1.165, 1.54) is 6.08 Å². The predicted molar refractivity (Wildman–Crippen MR) is 144 cm³/mol. The Hall–Kier alpha value is -4.34. The van der Waals surface area contributed by atoms with Gasteiger partial charge in [-0.05, 0) is 48.4 Å². The summed E-state index contributed by atoms with van der Waals surface area (Å²) in [5.41, 5.74) is 5.86. The van der Waals surface area contributed by atoms with Crippen molar-refractivity contribution in [2.45, 2.75) is 13.0 Å². The van der Waals surface area contributed by atoms with Gasteiger partial charge in [-0.25, -0.2) is 15.0 Å². The van der Waals surface area contributed by atoms with E-state index in [2.05, 4.69) is 32.5 Å². The van der Waals surface area contributed by atoms with Crippen LogP contribution in [0.25, 0.3) is 22.0 Å². The van der Waals surface area contributed by atoms with Crippen molar-refractivity contribution in [3.8, 4) is 17.0 Å². The van der Waals surface area contributed by atoms with Crippen molar-refractivity contribution >= 4 is 34.1 Å². The number of nitrogens with zero attached hydrogens (tertiary/aromatic N) is 3. The largest absolute Gasteiger partial charge is 0.480 e. The van der Waals surface area contributed by atoms with Crippen LogP contribution in [0.3, 0.4) is 0 Å². The van der Waals surface area contributed by atoms with Crippen molar-refractivity contribution in [3.63, 3.8) is 0 Å². The molecule has 3 heterocycles. The summed E-state index contributed by atoms with van der Waals surface area (Å²) in [4.78, 5) is 25.8. The Morgan fingerprint density at radius 3 is 2.89 bits per heavy atom. The fraction of sp³-hybridized carbons (Fsp3) is 0.214. The highest BCUT2D eigenvalue weighted by molar-refractivity contribution is 6.00. The molecule has 0 radical (unpaired) electrons. The van der Waals surface area contributed by atoms with Crippen LogP contribution in [-0.4, -0.2) is 47.7 Å². The first kappa shape index (κ1) is 24.4. The van der Waals surface area contributed by atoms with Gasteiger partial charge in [0.15, 0.2) is 0 Å². The lowest BCUT2D eigenvalue weighted by molar-refractivity contribution is -0.111. The SMILES string of the molecule is C=CC(=O)Nc1cccc(-c2c(C)ccc3cnc(Nc4ccc(C5CNCCO5)nc4OC)nc23)c1. The molecule has 1 saturated heterocycles. The standard InChI is InChI=1S/C28H28N6O3/c1-4-24(35)31-20-7-5-6-18(14-20)25-17(2)8-9-19-15-30-28(34-26(19)25)33-22-11-10-21(32-27(22)36-3)23-16-29-12-13-37-23/h4-11,14-15,23,29H,1,12-13,16H2,2-3H3,(H,31,35)(H,30,33,34). The van der Waals surface area contributed by atoms with Crippen LogP contribution in [0.1, 0.15) is 17.4 Å². The molecule has 4 aromatic rings. The molecule has 188 valence electrons. The highest BCUT2D eigenvalue weighted by Crippen LogP contribution is 2.34.